The van der Waals surface area contributed by atoms with Gasteiger partial charge in [-0.25, -0.2) is 0 Å². The molecule has 1 fully saturated rings. The van der Waals surface area contributed by atoms with Crippen LogP contribution in [0.25, 0.3) is 11.0 Å². The normalized spacial score (nSPS) is 23.8. The largest absolute Gasteiger partial charge is 0.451 e. The average molecular weight is 244 g/mol. The molecule has 1 aromatic carbocycles. The number of likely N-dealkylation sites (tertiary alicyclic amines) is 1. The third-order valence-corrected chi connectivity index (χ3v) is 3.71. The Morgan fingerprint density at radius 1 is 1.44 bits per heavy atom. The summed E-state index contributed by atoms with van der Waals surface area (Å²) in [5.41, 5.74) is 6.68. The van der Waals surface area contributed by atoms with Gasteiger partial charge in [0.1, 0.15) is 5.58 Å². The molecule has 2 N–H and O–H groups in total. The van der Waals surface area contributed by atoms with Crippen LogP contribution in [-0.4, -0.2) is 29.4 Å². The second-order valence-electron chi connectivity index (χ2n) is 4.84. The highest BCUT2D eigenvalue weighted by molar-refractivity contribution is 5.96. The van der Waals surface area contributed by atoms with E-state index < -0.39 is 0 Å². The van der Waals surface area contributed by atoms with Crippen molar-refractivity contribution in [1.29, 1.82) is 0 Å². The highest BCUT2D eigenvalue weighted by Gasteiger charge is 2.33. The predicted molar refractivity (Wildman–Crippen MR) is 69.3 cm³/mol. The van der Waals surface area contributed by atoms with Crippen LogP contribution in [0.15, 0.2) is 34.7 Å². The van der Waals surface area contributed by atoms with Crippen LogP contribution in [0.1, 0.15) is 23.9 Å². The van der Waals surface area contributed by atoms with Crippen molar-refractivity contribution in [3.63, 3.8) is 0 Å². The maximum atomic E-state index is 12.3. The molecular formula is C14H16N2O2. The summed E-state index contributed by atoms with van der Waals surface area (Å²) in [5.74, 6) is 0.337. The average Bonchev–Trinajstić information content (AvgIpc) is 2.94. The van der Waals surface area contributed by atoms with Crippen molar-refractivity contribution in [3.05, 3.63) is 36.1 Å². The van der Waals surface area contributed by atoms with Gasteiger partial charge in [0.05, 0.1) is 0 Å². The minimum atomic E-state index is -0.0633. The topological polar surface area (TPSA) is 59.5 Å². The Labute approximate surface area is 105 Å². The molecule has 0 bridgehead atoms. The van der Waals surface area contributed by atoms with E-state index >= 15 is 0 Å². The van der Waals surface area contributed by atoms with Gasteiger partial charge in [-0.3, -0.25) is 4.79 Å². The maximum Gasteiger partial charge on any atom is 0.289 e. The summed E-state index contributed by atoms with van der Waals surface area (Å²) < 4.78 is 5.59. The lowest BCUT2D eigenvalue weighted by atomic mass is 10.1. The number of fused-ring (bicyclic) bond motifs is 1. The number of nitrogens with two attached hydrogens (primary N) is 1. The van der Waals surface area contributed by atoms with E-state index in [0.717, 1.165) is 17.4 Å². The summed E-state index contributed by atoms with van der Waals surface area (Å²) in [7, 11) is 0. The molecule has 0 spiro atoms. The van der Waals surface area contributed by atoms with Gasteiger partial charge in [0.25, 0.3) is 5.91 Å². The molecule has 4 heteroatoms. The van der Waals surface area contributed by atoms with E-state index in [1.54, 1.807) is 11.0 Å². The first-order valence-corrected chi connectivity index (χ1v) is 6.22. The monoisotopic (exact) mass is 244 g/mol. The number of rotatable bonds is 1. The Kier molecular flexibility index (Phi) is 2.59. The van der Waals surface area contributed by atoms with Crippen LogP contribution in [0.2, 0.25) is 0 Å². The molecule has 94 valence electrons. The number of carbonyl (C=O) groups excluding carboxylic acids is 1. The van der Waals surface area contributed by atoms with Crippen molar-refractivity contribution in [2.24, 2.45) is 5.73 Å². The van der Waals surface area contributed by atoms with Crippen molar-refractivity contribution in [2.45, 2.75) is 25.4 Å². The van der Waals surface area contributed by atoms with Crippen LogP contribution >= 0.6 is 0 Å². The van der Waals surface area contributed by atoms with Gasteiger partial charge in [-0.1, -0.05) is 18.2 Å². The first-order valence-electron chi connectivity index (χ1n) is 6.22. The first kappa shape index (κ1) is 11.3. The summed E-state index contributed by atoms with van der Waals surface area (Å²) in [5, 5.41) is 0.956. The maximum absolute atomic E-state index is 12.3. The van der Waals surface area contributed by atoms with Crippen molar-refractivity contribution in [3.8, 4) is 0 Å². The molecule has 2 aromatic rings. The highest BCUT2D eigenvalue weighted by atomic mass is 16.3. The molecule has 4 nitrogen and oxygen atoms in total. The molecule has 1 amide bonds. The van der Waals surface area contributed by atoms with Crippen LogP contribution in [-0.2, 0) is 0 Å². The van der Waals surface area contributed by atoms with Gasteiger partial charge in [-0.2, -0.15) is 0 Å². The fourth-order valence-electron chi connectivity index (χ4n) is 2.48. The van der Waals surface area contributed by atoms with Gasteiger partial charge >= 0.3 is 0 Å². The van der Waals surface area contributed by atoms with Crippen LogP contribution in [0, 0.1) is 0 Å². The standard InChI is InChI=1S/C14H16N2O2/c1-9-11(15)6-7-16(9)14(17)13-8-10-4-2-3-5-12(10)18-13/h2-5,8-9,11H,6-7,15H2,1H3. The smallest absolute Gasteiger partial charge is 0.289 e. The van der Waals surface area contributed by atoms with Crippen LogP contribution in [0.4, 0.5) is 0 Å². The number of carbonyl (C=O) groups is 1. The van der Waals surface area contributed by atoms with Crippen molar-refractivity contribution >= 4 is 16.9 Å². The van der Waals surface area contributed by atoms with Gasteiger partial charge in [0, 0.05) is 24.0 Å². The Hall–Kier alpha value is -1.81. The van der Waals surface area contributed by atoms with E-state index in [4.69, 9.17) is 10.2 Å². The Bertz CT molecular complexity index is 557. The van der Waals surface area contributed by atoms with Crippen molar-refractivity contribution < 1.29 is 9.21 Å². The Morgan fingerprint density at radius 2 is 2.22 bits per heavy atom. The number of hydrogen-bond donors (Lipinski definition) is 1. The zero-order chi connectivity index (χ0) is 12.7. The summed E-state index contributed by atoms with van der Waals surface area (Å²) in [4.78, 5) is 14.1. The van der Waals surface area contributed by atoms with Crippen LogP contribution < -0.4 is 5.73 Å². The number of furan rings is 1. The van der Waals surface area contributed by atoms with Crippen LogP contribution in [0.3, 0.4) is 0 Å². The van der Waals surface area contributed by atoms with Crippen molar-refractivity contribution in [2.75, 3.05) is 6.54 Å². The van der Waals surface area contributed by atoms with E-state index in [9.17, 15) is 4.79 Å². The number of para-hydroxylation sites is 1. The molecule has 1 saturated heterocycles. The molecule has 0 aliphatic carbocycles. The summed E-state index contributed by atoms with van der Waals surface area (Å²) in [6.45, 7) is 2.69. The van der Waals surface area contributed by atoms with Gasteiger partial charge in [-0.15, -0.1) is 0 Å². The van der Waals surface area contributed by atoms with E-state index in [1.165, 1.54) is 0 Å². The molecule has 0 radical (unpaired) electrons. The fraction of sp³-hybridized carbons (Fsp3) is 0.357. The quantitative estimate of drug-likeness (QED) is 0.834. The molecule has 1 aliphatic heterocycles. The number of amides is 1. The van der Waals surface area contributed by atoms with Gasteiger partial charge in [-0.05, 0) is 25.5 Å². The predicted octanol–water partition coefficient (Wildman–Crippen LogP) is 1.99. The van der Waals surface area contributed by atoms with Crippen LogP contribution in [0.5, 0.6) is 0 Å². The molecule has 0 saturated carbocycles. The molecule has 1 aromatic heterocycles. The molecule has 2 heterocycles. The van der Waals surface area contributed by atoms with E-state index in [-0.39, 0.29) is 18.0 Å². The minimum absolute atomic E-state index is 0.0633. The van der Waals surface area contributed by atoms with E-state index in [1.807, 2.05) is 31.2 Å². The molecular weight excluding hydrogens is 228 g/mol. The minimum Gasteiger partial charge on any atom is -0.451 e. The van der Waals surface area contributed by atoms with E-state index in [2.05, 4.69) is 0 Å². The fourth-order valence-corrected chi connectivity index (χ4v) is 2.48. The summed E-state index contributed by atoms with van der Waals surface area (Å²) >= 11 is 0. The summed E-state index contributed by atoms with van der Waals surface area (Å²) in [6.07, 6.45) is 0.854. The third kappa shape index (κ3) is 1.69. The molecule has 1 aliphatic rings. The van der Waals surface area contributed by atoms with Gasteiger partial charge in [0.2, 0.25) is 0 Å². The first-order chi connectivity index (χ1) is 8.66. The second-order valence-corrected chi connectivity index (χ2v) is 4.84. The lowest BCUT2D eigenvalue weighted by molar-refractivity contribution is 0.0713. The second kappa shape index (κ2) is 4.14. The number of hydrogen-bond acceptors (Lipinski definition) is 3. The lowest BCUT2D eigenvalue weighted by Gasteiger charge is -2.21. The Balaban J connectivity index is 1.92. The molecule has 2 unspecified atom stereocenters. The molecule has 18 heavy (non-hydrogen) atoms. The number of nitrogens with zero attached hydrogens (tertiary/aromatic N) is 1. The zero-order valence-electron chi connectivity index (χ0n) is 10.3. The molecule has 2 atom stereocenters. The van der Waals surface area contributed by atoms with Gasteiger partial charge in [0.15, 0.2) is 5.76 Å². The number of benzene rings is 1. The zero-order valence-corrected chi connectivity index (χ0v) is 10.3. The molecule has 3 rings (SSSR count). The van der Waals surface area contributed by atoms with Crippen molar-refractivity contribution in [1.82, 2.24) is 4.90 Å². The highest BCUT2D eigenvalue weighted by Crippen LogP contribution is 2.23. The SMILES string of the molecule is CC1C(N)CCN1C(=O)c1cc2ccccc2o1. The summed E-state index contributed by atoms with van der Waals surface area (Å²) in [6, 6.07) is 9.58. The Morgan fingerprint density at radius 3 is 2.89 bits per heavy atom. The van der Waals surface area contributed by atoms with Gasteiger partial charge < -0.3 is 15.1 Å². The third-order valence-electron chi connectivity index (χ3n) is 3.71. The van der Waals surface area contributed by atoms with E-state index in [0.29, 0.717) is 12.3 Å². The lowest BCUT2D eigenvalue weighted by Crippen LogP contribution is -2.40.